The third-order valence-corrected chi connectivity index (χ3v) is 4.26. The van der Waals surface area contributed by atoms with Gasteiger partial charge in [-0.25, -0.2) is 8.78 Å². The largest absolute Gasteiger partial charge is 0.339 e. The van der Waals surface area contributed by atoms with Crippen LogP contribution in [0.5, 0.6) is 0 Å². The van der Waals surface area contributed by atoms with Gasteiger partial charge in [-0.1, -0.05) is 0 Å². The molecule has 0 unspecified atom stereocenters. The van der Waals surface area contributed by atoms with E-state index in [1.54, 1.807) is 11.9 Å². The Balaban J connectivity index is 2.03. The van der Waals surface area contributed by atoms with E-state index in [2.05, 4.69) is 18.7 Å². The molecule has 21 heavy (non-hydrogen) atoms. The maximum Gasteiger partial charge on any atom is 0.256 e. The molecule has 0 aromatic heterocycles. The molecule has 0 radical (unpaired) electrons. The molecular formula is C16H22F2N2O. The van der Waals surface area contributed by atoms with Crippen molar-refractivity contribution in [3.05, 3.63) is 35.4 Å². The number of rotatable bonds is 3. The summed E-state index contributed by atoms with van der Waals surface area (Å²) in [5.41, 5.74) is -0.0646. The van der Waals surface area contributed by atoms with Gasteiger partial charge in [-0.15, -0.1) is 0 Å². The Hall–Kier alpha value is -1.49. The highest BCUT2D eigenvalue weighted by atomic mass is 19.1. The number of halogens is 2. The minimum atomic E-state index is -0.800. The number of benzene rings is 1. The molecule has 0 N–H and O–H groups in total. The fraction of sp³-hybridized carbons (Fsp3) is 0.562. The average molecular weight is 296 g/mol. The number of hydrogen-bond acceptors (Lipinski definition) is 2. The van der Waals surface area contributed by atoms with Crippen molar-refractivity contribution in [2.24, 2.45) is 0 Å². The minimum Gasteiger partial charge on any atom is -0.339 e. The summed E-state index contributed by atoms with van der Waals surface area (Å²) >= 11 is 0. The second kappa shape index (κ2) is 6.52. The van der Waals surface area contributed by atoms with Gasteiger partial charge in [-0.2, -0.15) is 0 Å². The van der Waals surface area contributed by atoms with Gasteiger partial charge in [0.05, 0.1) is 5.56 Å². The average Bonchev–Trinajstić information content (AvgIpc) is 2.46. The third-order valence-electron chi connectivity index (χ3n) is 4.26. The van der Waals surface area contributed by atoms with Crippen LogP contribution in [0.15, 0.2) is 18.2 Å². The molecule has 0 spiro atoms. The van der Waals surface area contributed by atoms with E-state index in [4.69, 9.17) is 0 Å². The van der Waals surface area contributed by atoms with Crippen LogP contribution in [0.1, 0.15) is 37.0 Å². The van der Waals surface area contributed by atoms with E-state index in [1.165, 1.54) is 6.07 Å². The van der Waals surface area contributed by atoms with Gasteiger partial charge in [0.1, 0.15) is 11.6 Å². The summed E-state index contributed by atoms with van der Waals surface area (Å²) in [6.07, 6.45) is 1.76. The first-order valence-electron chi connectivity index (χ1n) is 7.36. The topological polar surface area (TPSA) is 23.6 Å². The van der Waals surface area contributed by atoms with Gasteiger partial charge in [0, 0.05) is 38.3 Å². The highest BCUT2D eigenvalue weighted by Gasteiger charge is 2.27. The van der Waals surface area contributed by atoms with Gasteiger partial charge in [-0.05, 0) is 38.8 Å². The molecule has 0 saturated carbocycles. The Kier molecular flexibility index (Phi) is 4.93. The van der Waals surface area contributed by atoms with Crippen molar-refractivity contribution in [1.29, 1.82) is 0 Å². The third kappa shape index (κ3) is 3.59. The summed E-state index contributed by atoms with van der Waals surface area (Å²) in [6, 6.07) is 3.69. The zero-order valence-corrected chi connectivity index (χ0v) is 12.8. The molecule has 1 aromatic carbocycles. The van der Waals surface area contributed by atoms with Gasteiger partial charge in [-0.3, -0.25) is 4.79 Å². The van der Waals surface area contributed by atoms with Crippen LogP contribution in [-0.4, -0.2) is 47.9 Å². The lowest BCUT2D eigenvalue weighted by Crippen LogP contribution is -2.47. The number of hydrogen-bond donors (Lipinski definition) is 0. The van der Waals surface area contributed by atoms with E-state index in [-0.39, 0.29) is 17.5 Å². The lowest BCUT2D eigenvalue weighted by atomic mass is 10.0. The van der Waals surface area contributed by atoms with Crippen LogP contribution in [0.4, 0.5) is 8.78 Å². The molecule has 1 heterocycles. The van der Waals surface area contributed by atoms with Crippen LogP contribution in [0.2, 0.25) is 0 Å². The number of piperidine rings is 1. The van der Waals surface area contributed by atoms with Crippen LogP contribution in [0, 0.1) is 11.6 Å². The van der Waals surface area contributed by atoms with E-state index >= 15 is 0 Å². The van der Waals surface area contributed by atoms with Crippen molar-refractivity contribution < 1.29 is 13.6 Å². The predicted molar refractivity (Wildman–Crippen MR) is 78.2 cm³/mol. The van der Waals surface area contributed by atoms with Gasteiger partial charge < -0.3 is 9.80 Å². The van der Waals surface area contributed by atoms with Crippen LogP contribution in [0.3, 0.4) is 0 Å². The summed E-state index contributed by atoms with van der Waals surface area (Å²) in [5.74, 6) is -1.85. The standard InChI is InChI=1S/C16H22F2N2O/c1-11(2)20-8-6-13(7-9-20)19(3)16(21)14-5-4-12(17)10-15(14)18/h4-5,10-11,13H,6-9H2,1-3H3. The molecule has 0 aliphatic carbocycles. The van der Waals surface area contributed by atoms with Gasteiger partial charge in [0.15, 0.2) is 0 Å². The van der Waals surface area contributed by atoms with Crippen molar-refractivity contribution in [2.75, 3.05) is 20.1 Å². The summed E-state index contributed by atoms with van der Waals surface area (Å²) < 4.78 is 26.6. The second-order valence-electron chi connectivity index (χ2n) is 5.90. The maximum atomic E-state index is 13.7. The molecule has 1 aliphatic rings. The van der Waals surface area contributed by atoms with Gasteiger partial charge in [0.2, 0.25) is 0 Å². The Labute approximate surface area is 124 Å². The van der Waals surface area contributed by atoms with Crippen LogP contribution in [-0.2, 0) is 0 Å². The molecule has 0 atom stereocenters. The molecule has 1 amide bonds. The molecule has 5 heteroatoms. The van der Waals surface area contributed by atoms with Crippen molar-refractivity contribution in [3.63, 3.8) is 0 Å². The molecule has 1 saturated heterocycles. The highest BCUT2D eigenvalue weighted by molar-refractivity contribution is 5.94. The number of carbonyl (C=O) groups is 1. The second-order valence-corrected chi connectivity index (χ2v) is 5.90. The van der Waals surface area contributed by atoms with E-state index in [9.17, 15) is 13.6 Å². The fourth-order valence-electron chi connectivity index (χ4n) is 2.81. The first kappa shape index (κ1) is 15.9. The minimum absolute atomic E-state index is 0.0646. The molecule has 1 fully saturated rings. The van der Waals surface area contributed by atoms with E-state index in [1.807, 2.05) is 0 Å². The number of amides is 1. The fourth-order valence-corrected chi connectivity index (χ4v) is 2.81. The van der Waals surface area contributed by atoms with Crippen LogP contribution >= 0.6 is 0 Å². The predicted octanol–water partition coefficient (Wildman–Crippen LogP) is 2.91. The van der Waals surface area contributed by atoms with E-state index in [0.29, 0.717) is 6.04 Å². The van der Waals surface area contributed by atoms with Crippen LogP contribution < -0.4 is 0 Å². The zero-order chi connectivity index (χ0) is 15.6. The molecular weight excluding hydrogens is 274 g/mol. The lowest BCUT2D eigenvalue weighted by Gasteiger charge is -2.38. The van der Waals surface area contributed by atoms with Crippen LogP contribution in [0.25, 0.3) is 0 Å². The first-order chi connectivity index (χ1) is 9.90. The van der Waals surface area contributed by atoms with Crippen molar-refractivity contribution in [3.8, 4) is 0 Å². The van der Waals surface area contributed by atoms with Crippen molar-refractivity contribution >= 4 is 5.91 Å². The summed E-state index contributed by atoms with van der Waals surface area (Å²) in [5, 5.41) is 0. The molecule has 2 rings (SSSR count). The Morgan fingerprint density at radius 3 is 2.43 bits per heavy atom. The first-order valence-corrected chi connectivity index (χ1v) is 7.36. The van der Waals surface area contributed by atoms with Gasteiger partial charge >= 0.3 is 0 Å². The van der Waals surface area contributed by atoms with E-state index < -0.39 is 11.6 Å². The zero-order valence-electron chi connectivity index (χ0n) is 12.8. The summed E-state index contributed by atoms with van der Waals surface area (Å²) in [4.78, 5) is 16.3. The smallest absolute Gasteiger partial charge is 0.256 e. The number of likely N-dealkylation sites (tertiary alicyclic amines) is 1. The Morgan fingerprint density at radius 2 is 1.90 bits per heavy atom. The van der Waals surface area contributed by atoms with Crippen molar-refractivity contribution in [2.45, 2.75) is 38.8 Å². The Bertz CT molecular complexity index is 511. The van der Waals surface area contributed by atoms with Gasteiger partial charge in [0.25, 0.3) is 5.91 Å². The molecule has 116 valence electrons. The number of nitrogens with zero attached hydrogens (tertiary/aromatic N) is 2. The molecule has 3 nitrogen and oxygen atoms in total. The summed E-state index contributed by atoms with van der Waals surface area (Å²) in [7, 11) is 1.70. The van der Waals surface area contributed by atoms with E-state index in [0.717, 1.165) is 38.1 Å². The Morgan fingerprint density at radius 1 is 1.29 bits per heavy atom. The molecule has 0 bridgehead atoms. The number of carbonyl (C=O) groups excluding carboxylic acids is 1. The quantitative estimate of drug-likeness (QED) is 0.856. The molecule has 1 aromatic rings. The van der Waals surface area contributed by atoms with Crippen molar-refractivity contribution in [1.82, 2.24) is 9.80 Å². The summed E-state index contributed by atoms with van der Waals surface area (Å²) in [6.45, 7) is 6.18. The molecule has 1 aliphatic heterocycles. The SMILES string of the molecule is CC(C)N1CCC(N(C)C(=O)c2ccc(F)cc2F)CC1. The lowest BCUT2D eigenvalue weighted by molar-refractivity contribution is 0.0611. The maximum absolute atomic E-state index is 13.7. The highest BCUT2D eigenvalue weighted by Crippen LogP contribution is 2.20. The monoisotopic (exact) mass is 296 g/mol. The normalized spacial score (nSPS) is 17.2.